The summed E-state index contributed by atoms with van der Waals surface area (Å²) >= 11 is 0. The monoisotopic (exact) mass is 555 g/mol. The second-order valence-electron chi connectivity index (χ2n) is 13.5. The summed E-state index contributed by atoms with van der Waals surface area (Å²) in [5.41, 5.74) is 9.21. The molecule has 2 aromatic heterocycles. The van der Waals surface area contributed by atoms with Gasteiger partial charge in [0.15, 0.2) is 22.3 Å². The van der Waals surface area contributed by atoms with Crippen molar-refractivity contribution in [3.05, 3.63) is 36.7 Å². The number of aromatic nitrogens is 4. The number of fused-ring (bicyclic) bond motifs is 1. The average Bonchev–Trinajstić information content (AvgIpc) is 3.39. The van der Waals surface area contributed by atoms with Crippen molar-refractivity contribution < 1.29 is 13.6 Å². The summed E-state index contributed by atoms with van der Waals surface area (Å²) in [5, 5.41) is 0.202. The van der Waals surface area contributed by atoms with Crippen molar-refractivity contribution in [2.24, 2.45) is 0 Å². The Kier molecular flexibility index (Phi) is 7.70. The van der Waals surface area contributed by atoms with Crippen LogP contribution >= 0.6 is 0 Å². The topological polar surface area (TPSA) is 97.3 Å². The van der Waals surface area contributed by atoms with Gasteiger partial charge in [0.25, 0.3) is 0 Å². The molecule has 1 aliphatic heterocycles. The predicted octanol–water partition coefficient (Wildman–Crippen LogP) is 6.78. The molecule has 0 amide bonds. The molecule has 0 aliphatic carbocycles. The lowest BCUT2D eigenvalue weighted by atomic mass is 10.1. The molecule has 208 valence electrons. The number of benzene rings is 1. The van der Waals surface area contributed by atoms with Crippen LogP contribution in [0.2, 0.25) is 36.3 Å². The van der Waals surface area contributed by atoms with E-state index in [0.717, 1.165) is 11.3 Å². The molecule has 1 aliphatic rings. The van der Waals surface area contributed by atoms with Gasteiger partial charge in [-0.1, -0.05) is 71.9 Å². The van der Waals surface area contributed by atoms with E-state index in [0.29, 0.717) is 24.2 Å². The number of imidazole rings is 1. The number of hydrogen-bond donors (Lipinski definition) is 1. The second-order valence-corrected chi connectivity index (χ2v) is 23.0. The van der Waals surface area contributed by atoms with Crippen LogP contribution in [0.5, 0.6) is 0 Å². The first-order chi connectivity index (χ1) is 17.5. The second kappa shape index (κ2) is 10.1. The number of nitrogens with zero attached hydrogens (tertiary/aromatic N) is 4. The van der Waals surface area contributed by atoms with Crippen molar-refractivity contribution in [1.82, 2.24) is 19.5 Å². The summed E-state index contributed by atoms with van der Waals surface area (Å²) < 4.78 is 22.3. The lowest BCUT2D eigenvalue weighted by Gasteiger charge is -2.40. The molecule has 4 rings (SSSR count). The summed E-state index contributed by atoms with van der Waals surface area (Å²) in [6, 6.07) is 9.94. The average molecular weight is 556 g/mol. The Morgan fingerprint density at radius 3 is 2.21 bits per heavy atom. The van der Waals surface area contributed by atoms with Crippen LogP contribution in [0, 0.1) is 0 Å². The van der Waals surface area contributed by atoms with E-state index < -0.39 is 16.6 Å². The van der Waals surface area contributed by atoms with E-state index in [-0.39, 0.29) is 34.5 Å². The van der Waals surface area contributed by atoms with Gasteiger partial charge in [-0.25, -0.2) is 9.97 Å². The Bertz CT molecular complexity index is 1270. The highest BCUT2D eigenvalue weighted by atomic mass is 28.4. The molecule has 1 fully saturated rings. The molecule has 0 bridgehead atoms. The fraction of sp³-hybridized carbons (Fsp3) is 0.607. The van der Waals surface area contributed by atoms with Gasteiger partial charge >= 0.3 is 0 Å². The summed E-state index contributed by atoms with van der Waals surface area (Å²) in [6.07, 6.45) is 1.91. The number of hydrogen-bond acceptors (Lipinski definition) is 7. The van der Waals surface area contributed by atoms with E-state index in [4.69, 9.17) is 24.3 Å². The molecular formula is C28H45N5O3Si2. The first kappa shape index (κ1) is 28.9. The highest BCUT2D eigenvalue weighted by Crippen LogP contribution is 2.43. The van der Waals surface area contributed by atoms with E-state index in [1.165, 1.54) is 0 Å². The molecule has 3 atom stereocenters. The molecular weight excluding hydrogens is 511 g/mol. The third kappa shape index (κ3) is 5.74. The molecule has 0 unspecified atom stereocenters. The first-order valence-electron chi connectivity index (χ1n) is 13.5. The minimum Gasteiger partial charge on any atom is -0.414 e. The number of ether oxygens (including phenoxy) is 1. The highest BCUT2D eigenvalue weighted by molar-refractivity contribution is 6.74. The Labute approximate surface area is 229 Å². The van der Waals surface area contributed by atoms with Crippen molar-refractivity contribution in [3.8, 4) is 11.3 Å². The molecule has 8 nitrogen and oxygen atoms in total. The molecule has 3 heterocycles. The maximum absolute atomic E-state index is 6.94. The lowest BCUT2D eigenvalue weighted by Crippen LogP contribution is -2.48. The third-order valence-corrected chi connectivity index (χ3v) is 17.6. The summed E-state index contributed by atoms with van der Waals surface area (Å²) in [4.78, 5) is 13.8. The summed E-state index contributed by atoms with van der Waals surface area (Å²) in [6.45, 7) is 23.2. The predicted molar refractivity (Wildman–Crippen MR) is 159 cm³/mol. The maximum Gasteiger partial charge on any atom is 0.222 e. The van der Waals surface area contributed by atoms with E-state index in [1.807, 2.05) is 34.9 Å². The van der Waals surface area contributed by atoms with E-state index in [2.05, 4.69) is 77.7 Å². The SMILES string of the molecule is CC(C)(C)[Si](C)(C)OC[C@H]1O[C@@H](n2cnc3c(-c4ccccc4)nc(N)nc32)C[C@H]1O[Si](C)(C)C(C)(C)C. The van der Waals surface area contributed by atoms with E-state index in [1.54, 1.807) is 6.33 Å². The van der Waals surface area contributed by atoms with Crippen LogP contribution in [0.1, 0.15) is 54.2 Å². The molecule has 1 aromatic carbocycles. The minimum atomic E-state index is -2.05. The molecule has 10 heteroatoms. The molecule has 2 N–H and O–H groups in total. The third-order valence-electron chi connectivity index (χ3n) is 8.64. The standard InChI is InChI=1S/C28H45N5O3Si2/c1-27(2,3)37(7,8)34-17-21-20(36-38(9,10)28(4,5)6)16-22(35-21)33-18-30-24-23(19-14-12-11-13-15-19)31-26(29)32-25(24)33/h11-15,18,20-22H,16-17H2,1-10H3,(H2,29,31,32)/t20-,21-,22-/m1/s1. The zero-order valence-electron chi connectivity index (χ0n) is 24.7. The Morgan fingerprint density at radius 1 is 0.974 bits per heavy atom. The quantitative estimate of drug-likeness (QED) is 0.321. The zero-order valence-corrected chi connectivity index (χ0v) is 26.7. The molecule has 0 spiro atoms. The molecule has 38 heavy (non-hydrogen) atoms. The summed E-state index contributed by atoms with van der Waals surface area (Å²) in [5.74, 6) is 0.211. The molecule has 0 saturated carbocycles. The maximum atomic E-state index is 6.94. The minimum absolute atomic E-state index is 0.0871. The Hall–Kier alpha value is -2.12. The lowest BCUT2D eigenvalue weighted by molar-refractivity contribution is -0.0383. The number of anilines is 1. The van der Waals surface area contributed by atoms with Crippen LogP contribution in [0.15, 0.2) is 36.7 Å². The van der Waals surface area contributed by atoms with Crippen molar-refractivity contribution in [2.75, 3.05) is 12.3 Å². The number of nitrogens with two attached hydrogens (primary N) is 1. The highest BCUT2D eigenvalue weighted by Gasteiger charge is 2.47. The van der Waals surface area contributed by atoms with Gasteiger partial charge < -0.3 is 19.3 Å². The normalized spacial score (nSPS) is 21.4. The van der Waals surface area contributed by atoms with Gasteiger partial charge in [-0.15, -0.1) is 0 Å². The van der Waals surface area contributed by atoms with E-state index >= 15 is 0 Å². The largest absolute Gasteiger partial charge is 0.414 e. The van der Waals surface area contributed by atoms with Crippen molar-refractivity contribution in [1.29, 1.82) is 0 Å². The van der Waals surface area contributed by atoms with Crippen molar-refractivity contribution >= 4 is 33.7 Å². The van der Waals surface area contributed by atoms with Crippen LogP contribution in [-0.4, -0.2) is 55.0 Å². The smallest absolute Gasteiger partial charge is 0.222 e. The van der Waals surface area contributed by atoms with Crippen LogP contribution in [0.25, 0.3) is 22.4 Å². The van der Waals surface area contributed by atoms with Gasteiger partial charge in [0, 0.05) is 12.0 Å². The van der Waals surface area contributed by atoms with Crippen LogP contribution in [0.3, 0.4) is 0 Å². The first-order valence-corrected chi connectivity index (χ1v) is 19.3. The van der Waals surface area contributed by atoms with Gasteiger partial charge in [0.1, 0.15) is 23.5 Å². The van der Waals surface area contributed by atoms with Gasteiger partial charge in [-0.3, -0.25) is 4.57 Å². The molecule has 3 aromatic rings. The summed E-state index contributed by atoms with van der Waals surface area (Å²) in [7, 11) is -4.01. The fourth-order valence-electron chi connectivity index (χ4n) is 4.15. The number of rotatable bonds is 7. The van der Waals surface area contributed by atoms with Gasteiger partial charge in [-0.05, 0) is 36.3 Å². The molecule has 0 radical (unpaired) electrons. The van der Waals surface area contributed by atoms with Crippen LogP contribution in [-0.2, 0) is 13.6 Å². The van der Waals surface area contributed by atoms with Gasteiger partial charge in [0.05, 0.1) is 19.0 Å². The van der Waals surface area contributed by atoms with Gasteiger partial charge in [0.2, 0.25) is 5.95 Å². The van der Waals surface area contributed by atoms with Crippen molar-refractivity contribution in [2.45, 2.75) is 103 Å². The Balaban J connectivity index is 1.67. The van der Waals surface area contributed by atoms with Gasteiger partial charge in [-0.2, -0.15) is 4.98 Å². The number of nitrogen functional groups attached to an aromatic ring is 1. The van der Waals surface area contributed by atoms with Crippen molar-refractivity contribution in [3.63, 3.8) is 0 Å². The fourth-order valence-corrected chi connectivity index (χ4v) is 6.52. The van der Waals surface area contributed by atoms with Crippen LogP contribution < -0.4 is 5.73 Å². The Morgan fingerprint density at radius 2 is 1.61 bits per heavy atom. The zero-order chi connectivity index (χ0) is 28.1. The molecule has 1 saturated heterocycles. The van der Waals surface area contributed by atoms with E-state index in [9.17, 15) is 0 Å². The van der Waals surface area contributed by atoms with Crippen LogP contribution in [0.4, 0.5) is 5.95 Å².